The van der Waals surface area contributed by atoms with Crippen LogP contribution in [0.5, 0.6) is 0 Å². The highest BCUT2D eigenvalue weighted by Crippen LogP contribution is 2.23. The standard InChI is InChI=1S/C22H29N5/c1-25-15-12-23-22(25)10-9-21-8-2-3-13-26(21)17-19-6-4-7-20(16-19)18-27-14-5-11-24-27/h4-7,11-12,14-16,21H,2-3,8-10,13,17-18H2,1H3. The number of likely N-dealkylation sites (tertiary alicyclic amines) is 1. The molecule has 0 amide bonds. The SMILES string of the molecule is Cn1ccnc1CCC1CCCCN1Cc1cccc(Cn2cccn2)c1. The molecule has 27 heavy (non-hydrogen) atoms. The molecule has 4 rings (SSSR count). The lowest BCUT2D eigenvalue weighted by Gasteiger charge is -2.36. The van der Waals surface area contributed by atoms with Gasteiger partial charge in [0.25, 0.3) is 0 Å². The van der Waals surface area contributed by atoms with E-state index >= 15 is 0 Å². The molecule has 0 saturated carbocycles. The molecule has 0 aliphatic carbocycles. The Bertz CT molecular complexity index is 836. The fourth-order valence-electron chi connectivity index (χ4n) is 4.17. The van der Waals surface area contributed by atoms with Crippen LogP contribution in [0.1, 0.15) is 42.6 Å². The lowest BCUT2D eigenvalue weighted by Crippen LogP contribution is -2.39. The van der Waals surface area contributed by atoms with Crippen LogP contribution in [0.15, 0.2) is 55.1 Å². The number of aromatic nitrogens is 4. The van der Waals surface area contributed by atoms with Crippen molar-refractivity contribution in [1.82, 2.24) is 24.2 Å². The highest BCUT2D eigenvalue weighted by Gasteiger charge is 2.22. The van der Waals surface area contributed by atoms with Crippen LogP contribution in [0.2, 0.25) is 0 Å². The summed E-state index contributed by atoms with van der Waals surface area (Å²) in [5.74, 6) is 1.20. The third kappa shape index (κ3) is 4.66. The predicted molar refractivity (Wildman–Crippen MR) is 107 cm³/mol. The van der Waals surface area contributed by atoms with E-state index in [0.717, 1.165) is 19.5 Å². The van der Waals surface area contributed by atoms with Crippen LogP contribution in [0, 0.1) is 0 Å². The molecule has 1 aromatic carbocycles. The first-order valence-electron chi connectivity index (χ1n) is 10.0. The Balaban J connectivity index is 1.39. The molecule has 1 atom stereocenters. The first-order valence-corrected chi connectivity index (χ1v) is 10.0. The van der Waals surface area contributed by atoms with Crippen molar-refractivity contribution in [3.8, 4) is 0 Å². The number of imidazole rings is 1. The van der Waals surface area contributed by atoms with Gasteiger partial charge >= 0.3 is 0 Å². The highest BCUT2D eigenvalue weighted by atomic mass is 15.3. The Morgan fingerprint density at radius 1 is 1.04 bits per heavy atom. The number of hydrogen-bond acceptors (Lipinski definition) is 3. The molecular weight excluding hydrogens is 334 g/mol. The Kier molecular flexibility index (Phi) is 5.68. The monoisotopic (exact) mass is 363 g/mol. The second-order valence-electron chi connectivity index (χ2n) is 7.64. The molecule has 1 aliphatic heterocycles. The summed E-state index contributed by atoms with van der Waals surface area (Å²) in [6, 6.07) is 11.6. The molecule has 5 nitrogen and oxygen atoms in total. The average molecular weight is 364 g/mol. The van der Waals surface area contributed by atoms with E-state index in [1.807, 2.05) is 35.5 Å². The first-order chi connectivity index (χ1) is 13.3. The van der Waals surface area contributed by atoms with Crippen LogP contribution >= 0.6 is 0 Å². The molecule has 1 unspecified atom stereocenters. The van der Waals surface area contributed by atoms with Gasteiger partial charge in [0, 0.05) is 50.8 Å². The summed E-state index contributed by atoms with van der Waals surface area (Å²) in [7, 11) is 2.09. The molecule has 3 aromatic rings. The van der Waals surface area contributed by atoms with Crippen LogP contribution in [0.25, 0.3) is 0 Å². The summed E-state index contributed by atoms with van der Waals surface area (Å²) in [5, 5.41) is 4.32. The van der Waals surface area contributed by atoms with Gasteiger partial charge in [0.05, 0.1) is 6.54 Å². The molecule has 5 heteroatoms. The molecular formula is C22H29N5. The Hall–Kier alpha value is -2.40. The number of aryl methyl sites for hydroxylation is 2. The maximum absolute atomic E-state index is 4.49. The van der Waals surface area contributed by atoms with Crippen molar-refractivity contribution in [2.24, 2.45) is 7.05 Å². The van der Waals surface area contributed by atoms with Crippen molar-refractivity contribution >= 4 is 0 Å². The van der Waals surface area contributed by atoms with Crippen LogP contribution in [-0.4, -0.2) is 36.8 Å². The molecule has 142 valence electrons. The molecule has 2 aromatic heterocycles. The van der Waals surface area contributed by atoms with E-state index in [1.165, 1.54) is 49.2 Å². The minimum absolute atomic E-state index is 0.658. The van der Waals surface area contributed by atoms with Gasteiger partial charge in [0.2, 0.25) is 0 Å². The predicted octanol–water partition coefficient (Wildman–Crippen LogP) is 3.65. The van der Waals surface area contributed by atoms with E-state index in [0.29, 0.717) is 6.04 Å². The van der Waals surface area contributed by atoms with Crippen molar-refractivity contribution in [1.29, 1.82) is 0 Å². The zero-order chi connectivity index (χ0) is 18.5. The summed E-state index contributed by atoms with van der Waals surface area (Å²) >= 11 is 0. The molecule has 1 aliphatic rings. The van der Waals surface area contributed by atoms with E-state index in [2.05, 4.69) is 50.9 Å². The number of nitrogens with zero attached hydrogens (tertiary/aromatic N) is 5. The summed E-state index contributed by atoms with van der Waals surface area (Å²) in [6.07, 6.45) is 14.0. The van der Waals surface area contributed by atoms with Gasteiger partial charge < -0.3 is 4.57 Å². The van der Waals surface area contributed by atoms with Crippen LogP contribution in [0.4, 0.5) is 0 Å². The first kappa shape index (κ1) is 18.0. The van der Waals surface area contributed by atoms with E-state index in [4.69, 9.17) is 0 Å². The van der Waals surface area contributed by atoms with Gasteiger partial charge in [0.1, 0.15) is 5.82 Å². The third-order valence-corrected chi connectivity index (χ3v) is 5.65. The summed E-state index contributed by atoms with van der Waals surface area (Å²) in [4.78, 5) is 7.17. The lowest BCUT2D eigenvalue weighted by atomic mass is 9.96. The quantitative estimate of drug-likeness (QED) is 0.643. The van der Waals surface area contributed by atoms with Crippen molar-refractivity contribution < 1.29 is 0 Å². The normalized spacial score (nSPS) is 18.0. The summed E-state index contributed by atoms with van der Waals surface area (Å²) in [6.45, 7) is 3.08. The minimum atomic E-state index is 0.658. The topological polar surface area (TPSA) is 38.9 Å². The van der Waals surface area contributed by atoms with Crippen LogP contribution in [0.3, 0.4) is 0 Å². The molecule has 3 heterocycles. The fourth-order valence-corrected chi connectivity index (χ4v) is 4.17. The maximum Gasteiger partial charge on any atom is 0.108 e. The Labute approximate surface area is 161 Å². The number of rotatable bonds is 7. The van der Waals surface area contributed by atoms with Crippen molar-refractivity contribution in [3.63, 3.8) is 0 Å². The number of piperidine rings is 1. The van der Waals surface area contributed by atoms with Gasteiger partial charge in [-0.2, -0.15) is 5.10 Å². The van der Waals surface area contributed by atoms with Gasteiger partial charge in [0.15, 0.2) is 0 Å². The van der Waals surface area contributed by atoms with Gasteiger partial charge in [-0.3, -0.25) is 9.58 Å². The molecule has 0 spiro atoms. The minimum Gasteiger partial charge on any atom is -0.338 e. The zero-order valence-electron chi connectivity index (χ0n) is 16.2. The highest BCUT2D eigenvalue weighted by molar-refractivity contribution is 5.23. The Morgan fingerprint density at radius 3 is 2.70 bits per heavy atom. The zero-order valence-corrected chi connectivity index (χ0v) is 16.2. The fraction of sp³-hybridized carbons (Fsp3) is 0.455. The van der Waals surface area contributed by atoms with Crippen molar-refractivity contribution in [3.05, 3.63) is 72.1 Å². The third-order valence-electron chi connectivity index (χ3n) is 5.65. The molecule has 0 N–H and O–H groups in total. The maximum atomic E-state index is 4.49. The second kappa shape index (κ2) is 8.53. The van der Waals surface area contributed by atoms with Gasteiger partial charge in [-0.25, -0.2) is 4.98 Å². The van der Waals surface area contributed by atoms with Crippen LogP contribution in [-0.2, 0) is 26.6 Å². The largest absolute Gasteiger partial charge is 0.338 e. The molecule has 0 bridgehead atoms. The second-order valence-corrected chi connectivity index (χ2v) is 7.64. The molecule has 1 saturated heterocycles. The van der Waals surface area contributed by atoms with Crippen molar-refractivity contribution in [2.75, 3.05) is 6.54 Å². The summed E-state index contributed by atoms with van der Waals surface area (Å²) in [5.41, 5.74) is 2.72. The van der Waals surface area contributed by atoms with Gasteiger partial charge in [-0.1, -0.05) is 30.7 Å². The van der Waals surface area contributed by atoms with E-state index in [9.17, 15) is 0 Å². The van der Waals surface area contributed by atoms with Gasteiger partial charge in [-0.05, 0) is 43.0 Å². The summed E-state index contributed by atoms with van der Waals surface area (Å²) < 4.78 is 4.13. The van der Waals surface area contributed by atoms with Crippen LogP contribution < -0.4 is 0 Å². The van der Waals surface area contributed by atoms with Gasteiger partial charge in [-0.15, -0.1) is 0 Å². The van der Waals surface area contributed by atoms with E-state index < -0.39 is 0 Å². The average Bonchev–Trinajstić information content (AvgIpc) is 3.33. The van der Waals surface area contributed by atoms with E-state index in [1.54, 1.807) is 0 Å². The van der Waals surface area contributed by atoms with E-state index in [-0.39, 0.29) is 0 Å². The molecule has 0 radical (unpaired) electrons. The Morgan fingerprint density at radius 2 is 1.93 bits per heavy atom. The van der Waals surface area contributed by atoms with Crippen molar-refractivity contribution in [2.45, 2.75) is 51.2 Å². The number of benzene rings is 1. The number of hydrogen-bond donors (Lipinski definition) is 0. The lowest BCUT2D eigenvalue weighted by molar-refractivity contribution is 0.132. The smallest absolute Gasteiger partial charge is 0.108 e. The molecule has 1 fully saturated rings.